The lowest BCUT2D eigenvalue weighted by Gasteiger charge is -2.31. The Labute approximate surface area is 201 Å². The first-order valence-corrected chi connectivity index (χ1v) is 13.0. The molecule has 0 spiro atoms. The summed E-state index contributed by atoms with van der Waals surface area (Å²) in [7, 11) is -0.466. The van der Waals surface area contributed by atoms with Crippen molar-refractivity contribution in [3.63, 3.8) is 0 Å². The molecule has 1 saturated carbocycles. The van der Waals surface area contributed by atoms with E-state index < -0.39 is 15.8 Å². The smallest absolute Gasteiger partial charge is 0.253 e. The minimum Gasteiger partial charge on any atom is -0.339 e. The van der Waals surface area contributed by atoms with Gasteiger partial charge in [-0.3, -0.25) is 9.59 Å². The van der Waals surface area contributed by atoms with Crippen molar-refractivity contribution in [2.75, 3.05) is 26.0 Å². The second-order valence-electron chi connectivity index (χ2n) is 8.72. The van der Waals surface area contributed by atoms with Gasteiger partial charge in [-0.1, -0.05) is 19.3 Å². The number of benzene rings is 2. The molecule has 2 amide bonds. The van der Waals surface area contributed by atoms with E-state index >= 15 is 0 Å². The van der Waals surface area contributed by atoms with Gasteiger partial charge in [-0.25, -0.2) is 17.1 Å². The van der Waals surface area contributed by atoms with Crippen LogP contribution in [0.3, 0.4) is 0 Å². The summed E-state index contributed by atoms with van der Waals surface area (Å²) >= 11 is 0. The van der Waals surface area contributed by atoms with Crippen molar-refractivity contribution in [1.29, 1.82) is 0 Å². The van der Waals surface area contributed by atoms with Gasteiger partial charge in [0.15, 0.2) is 0 Å². The average molecular weight is 490 g/mol. The molecule has 1 fully saturated rings. The number of carbonyl (C=O) groups is 2. The van der Waals surface area contributed by atoms with Crippen LogP contribution in [0.25, 0.3) is 0 Å². The van der Waals surface area contributed by atoms with Crippen LogP contribution in [-0.2, 0) is 14.8 Å². The second-order valence-corrected chi connectivity index (χ2v) is 10.8. The van der Waals surface area contributed by atoms with Gasteiger partial charge in [0.25, 0.3) is 5.91 Å². The Kier molecular flexibility index (Phi) is 8.79. The summed E-state index contributed by atoms with van der Waals surface area (Å²) in [5.74, 6) is -0.770. The monoisotopic (exact) mass is 489 g/mol. The molecular formula is C25H32FN3O4S. The van der Waals surface area contributed by atoms with Gasteiger partial charge in [-0.15, -0.1) is 0 Å². The third-order valence-electron chi connectivity index (χ3n) is 6.26. The van der Waals surface area contributed by atoms with E-state index in [2.05, 4.69) is 5.32 Å². The zero-order valence-corrected chi connectivity index (χ0v) is 20.5. The topological polar surface area (TPSA) is 86.8 Å². The Morgan fingerprint density at radius 3 is 2.21 bits per heavy atom. The van der Waals surface area contributed by atoms with Crippen LogP contribution in [0.4, 0.5) is 10.1 Å². The van der Waals surface area contributed by atoms with Crippen molar-refractivity contribution in [2.24, 2.45) is 0 Å². The first-order valence-electron chi connectivity index (χ1n) is 11.6. The maximum Gasteiger partial charge on any atom is 0.253 e. The van der Waals surface area contributed by atoms with Gasteiger partial charge in [0.1, 0.15) is 5.82 Å². The van der Waals surface area contributed by atoms with E-state index in [0.717, 1.165) is 42.1 Å². The molecule has 9 heteroatoms. The minimum absolute atomic E-state index is 0.00428. The van der Waals surface area contributed by atoms with Crippen LogP contribution in [0.2, 0.25) is 0 Å². The lowest BCUT2D eigenvalue weighted by Crippen LogP contribution is -2.38. The molecule has 1 N–H and O–H groups in total. The number of rotatable bonds is 9. The largest absolute Gasteiger partial charge is 0.339 e. The molecule has 0 aromatic heterocycles. The molecule has 3 rings (SSSR count). The molecule has 2 aromatic rings. The number of nitrogens with zero attached hydrogens (tertiary/aromatic N) is 2. The van der Waals surface area contributed by atoms with Crippen molar-refractivity contribution in [3.8, 4) is 0 Å². The van der Waals surface area contributed by atoms with Crippen LogP contribution < -0.4 is 5.32 Å². The van der Waals surface area contributed by atoms with E-state index in [-0.39, 0.29) is 35.7 Å². The molecule has 0 radical (unpaired) electrons. The number of nitrogens with one attached hydrogen (secondary N) is 1. The molecule has 0 heterocycles. The van der Waals surface area contributed by atoms with Crippen molar-refractivity contribution in [1.82, 2.24) is 9.21 Å². The molecule has 0 unspecified atom stereocenters. The number of halogens is 1. The van der Waals surface area contributed by atoms with Crippen molar-refractivity contribution >= 4 is 27.5 Å². The molecule has 1 aliphatic rings. The number of hydrogen-bond donors (Lipinski definition) is 1. The van der Waals surface area contributed by atoms with E-state index in [4.69, 9.17) is 0 Å². The number of hydrogen-bond acceptors (Lipinski definition) is 4. The zero-order chi connectivity index (χ0) is 24.7. The van der Waals surface area contributed by atoms with Crippen LogP contribution in [0.1, 0.15) is 55.3 Å². The molecule has 0 saturated heterocycles. The molecule has 34 heavy (non-hydrogen) atoms. The number of carbonyl (C=O) groups excluding carboxylic acids is 2. The van der Waals surface area contributed by atoms with E-state index in [1.54, 1.807) is 24.3 Å². The fourth-order valence-corrected chi connectivity index (χ4v) is 5.34. The van der Waals surface area contributed by atoms with Crippen LogP contribution in [0, 0.1) is 5.82 Å². The lowest BCUT2D eigenvalue weighted by molar-refractivity contribution is -0.116. The Morgan fingerprint density at radius 1 is 0.971 bits per heavy atom. The van der Waals surface area contributed by atoms with Crippen molar-refractivity contribution in [2.45, 2.75) is 55.9 Å². The Morgan fingerprint density at radius 2 is 1.59 bits per heavy atom. The van der Waals surface area contributed by atoms with Crippen LogP contribution in [-0.4, -0.2) is 56.1 Å². The highest BCUT2D eigenvalue weighted by molar-refractivity contribution is 7.89. The van der Waals surface area contributed by atoms with Gasteiger partial charge in [0.05, 0.1) is 4.90 Å². The van der Waals surface area contributed by atoms with E-state index in [1.807, 2.05) is 11.9 Å². The highest BCUT2D eigenvalue weighted by Gasteiger charge is 2.23. The highest BCUT2D eigenvalue weighted by Crippen LogP contribution is 2.23. The maximum atomic E-state index is 13.0. The number of amides is 2. The summed E-state index contributed by atoms with van der Waals surface area (Å²) < 4.78 is 39.2. The zero-order valence-electron chi connectivity index (χ0n) is 19.7. The third-order valence-corrected chi connectivity index (χ3v) is 8.13. The molecular weight excluding hydrogens is 457 g/mol. The number of sulfonamides is 1. The average Bonchev–Trinajstić information content (AvgIpc) is 2.84. The van der Waals surface area contributed by atoms with Crippen LogP contribution in [0.15, 0.2) is 53.4 Å². The normalized spacial score (nSPS) is 14.7. The van der Waals surface area contributed by atoms with Gasteiger partial charge in [0, 0.05) is 44.4 Å². The van der Waals surface area contributed by atoms with Gasteiger partial charge >= 0.3 is 0 Å². The van der Waals surface area contributed by atoms with Crippen LogP contribution >= 0.6 is 0 Å². The predicted octanol–water partition coefficient (Wildman–Crippen LogP) is 4.27. The molecule has 0 aliphatic heterocycles. The van der Waals surface area contributed by atoms with Gasteiger partial charge in [0.2, 0.25) is 15.9 Å². The van der Waals surface area contributed by atoms with E-state index in [0.29, 0.717) is 17.7 Å². The molecule has 2 aromatic carbocycles. The Balaban J connectivity index is 1.46. The highest BCUT2D eigenvalue weighted by atomic mass is 32.2. The lowest BCUT2D eigenvalue weighted by atomic mass is 9.94. The summed E-state index contributed by atoms with van der Waals surface area (Å²) in [6.07, 6.45) is 6.07. The SMILES string of the molecule is CN(C(=O)c1ccc(NC(=O)CCCN(C)S(=O)(=O)c2ccc(F)cc2)cc1)C1CCCCC1. The predicted molar refractivity (Wildman–Crippen MR) is 129 cm³/mol. The molecule has 184 valence electrons. The van der Waals surface area contributed by atoms with E-state index in [1.165, 1.54) is 25.6 Å². The van der Waals surface area contributed by atoms with E-state index in [9.17, 15) is 22.4 Å². The summed E-state index contributed by atoms with van der Waals surface area (Å²) in [4.78, 5) is 26.9. The summed E-state index contributed by atoms with van der Waals surface area (Å²) in [5.41, 5.74) is 1.16. The van der Waals surface area contributed by atoms with Gasteiger partial charge in [-0.05, 0) is 67.8 Å². The molecule has 0 bridgehead atoms. The van der Waals surface area contributed by atoms with Crippen molar-refractivity contribution < 1.29 is 22.4 Å². The third kappa shape index (κ3) is 6.64. The maximum absolute atomic E-state index is 13.0. The molecule has 1 aliphatic carbocycles. The molecule has 7 nitrogen and oxygen atoms in total. The summed E-state index contributed by atoms with van der Waals surface area (Å²) in [5, 5.41) is 2.78. The van der Waals surface area contributed by atoms with Crippen LogP contribution in [0.5, 0.6) is 0 Å². The Hall–Kier alpha value is -2.78. The molecule has 0 atom stereocenters. The first-order chi connectivity index (χ1) is 16.2. The van der Waals surface area contributed by atoms with Crippen molar-refractivity contribution in [3.05, 3.63) is 59.9 Å². The quantitative estimate of drug-likeness (QED) is 0.570. The second kappa shape index (κ2) is 11.6. The fraction of sp³-hybridized carbons (Fsp3) is 0.440. The first kappa shape index (κ1) is 25.8. The van der Waals surface area contributed by atoms with Gasteiger partial charge < -0.3 is 10.2 Å². The summed E-state index contributed by atoms with van der Waals surface area (Å²) in [6, 6.07) is 11.7. The fourth-order valence-electron chi connectivity index (χ4n) is 4.13. The minimum atomic E-state index is -3.74. The van der Waals surface area contributed by atoms with Gasteiger partial charge in [-0.2, -0.15) is 0 Å². The number of anilines is 1. The standard InChI is InChI=1S/C25H32FN3O4S/c1-28(34(32,33)23-16-12-20(26)13-17-23)18-6-9-24(30)27-21-14-10-19(11-15-21)25(31)29(2)22-7-4-3-5-8-22/h10-17,22H,3-9,18H2,1-2H3,(H,27,30). The summed E-state index contributed by atoms with van der Waals surface area (Å²) in [6.45, 7) is 0.147. The Bertz CT molecular complexity index is 1080.